The van der Waals surface area contributed by atoms with Gasteiger partial charge in [-0.1, -0.05) is 23.2 Å². The van der Waals surface area contributed by atoms with Gasteiger partial charge in [0.15, 0.2) is 5.58 Å². The Balaban J connectivity index is 1.71. The summed E-state index contributed by atoms with van der Waals surface area (Å²) in [4.78, 5) is 23.9. The summed E-state index contributed by atoms with van der Waals surface area (Å²) in [6, 6.07) is 8.71. The third-order valence-electron chi connectivity index (χ3n) is 3.40. The van der Waals surface area contributed by atoms with Gasteiger partial charge in [-0.15, -0.1) is 0 Å². The number of fused-ring (bicyclic) bond motifs is 1. The number of nitrogens with zero attached hydrogens (tertiary/aromatic N) is 1. The molecule has 24 heavy (non-hydrogen) atoms. The number of hydrogen-bond acceptors (Lipinski definition) is 3. The van der Waals surface area contributed by atoms with Crippen LogP contribution in [0.4, 0.5) is 10.1 Å². The Hall–Kier alpha value is -2.31. The number of hydrogen-bond donors (Lipinski definition) is 1. The van der Waals surface area contributed by atoms with Crippen molar-refractivity contribution in [2.24, 2.45) is 0 Å². The zero-order valence-corrected chi connectivity index (χ0v) is 13.7. The number of aryl methyl sites for hydroxylation is 1. The Labute approximate surface area is 145 Å². The first-order valence-electron chi connectivity index (χ1n) is 6.98. The monoisotopic (exact) mass is 368 g/mol. The van der Waals surface area contributed by atoms with Crippen LogP contribution in [0, 0.1) is 5.82 Å². The lowest BCUT2D eigenvalue weighted by Gasteiger charge is -2.06. The molecule has 1 amide bonds. The fraction of sp³-hybridized carbons (Fsp3) is 0.125. The van der Waals surface area contributed by atoms with Gasteiger partial charge in [0.25, 0.3) is 0 Å². The molecule has 0 radical (unpaired) electrons. The van der Waals surface area contributed by atoms with Gasteiger partial charge in [0.1, 0.15) is 5.82 Å². The Morgan fingerprint density at radius 1 is 1.21 bits per heavy atom. The molecule has 0 bridgehead atoms. The number of aromatic nitrogens is 1. The van der Waals surface area contributed by atoms with Crippen molar-refractivity contribution in [2.45, 2.75) is 13.0 Å². The molecule has 1 N–H and O–H groups in total. The zero-order chi connectivity index (χ0) is 17.3. The maximum absolute atomic E-state index is 13.1. The molecule has 0 unspecified atom stereocenters. The highest BCUT2D eigenvalue weighted by Gasteiger charge is 2.12. The second kappa shape index (κ2) is 6.67. The molecule has 0 aliphatic heterocycles. The van der Waals surface area contributed by atoms with Crippen LogP contribution in [-0.4, -0.2) is 10.5 Å². The van der Waals surface area contributed by atoms with Crippen molar-refractivity contribution in [2.75, 3.05) is 5.32 Å². The molecule has 0 saturated carbocycles. The van der Waals surface area contributed by atoms with Crippen LogP contribution in [0.25, 0.3) is 11.1 Å². The number of anilines is 1. The summed E-state index contributed by atoms with van der Waals surface area (Å²) in [6.45, 7) is 0.133. The van der Waals surface area contributed by atoms with Crippen LogP contribution in [0.2, 0.25) is 10.0 Å². The van der Waals surface area contributed by atoms with Gasteiger partial charge in [-0.2, -0.15) is 0 Å². The SMILES string of the molecule is O=C(CCn1c(=O)oc2cc(Cl)ccc21)Nc1ccc(F)c(Cl)c1. The van der Waals surface area contributed by atoms with E-state index in [2.05, 4.69) is 5.32 Å². The zero-order valence-electron chi connectivity index (χ0n) is 12.2. The number of oxazole rings is 1. The molecule has 3 aromatic rings. The van der Waals surface area contributed by atoms with E-state index in [1.807, 2.05) is 0 Å². The Bertz CT molecular complexity index is 981. The first-order chi connectivity index (χ1) is 11.4. The number of carbonyl (C=O) groups is 1. The average Bonchev–Trinajstić information content (AvgIpc) is 2.83. The highest BCUT2D eigenvalue weighted by molar-refractivity contribution is 6.31. The third kappa shape index (κ3) is 3.44. The van der Waals surface area contributed by atoms with E-state index in [0.29, 0.717) is 21.8 Å². The van der Waals surface area contributed by atoms with Gasteiger partial charge in [-0.25, -0.2) is 9.18 Å². The lowest BCUT2D eigenvalue weighted by molar-refractivity contribution is -0.116. The topological polar surface area (TPSA) is 64.2 Å². The van der Waals surface area contributed by atoms with E-state index in [4.69, 9.17) is 27.6 Å². The summed E-state index contributed by atoms with van der Waals surface area (Å²) >= 11 is 11.5. The lowest BCUT2D eigenvalue weighted by atomic mass is 10.3. The van der Waals surface area contributed by atoms with Crippen LogP contribution in [0.5, 0.6) is 0 Å². The Kier molecular flexibility index (Phi) is 4.59. The van der Waals surface area contributed by atoms with Crippen molar-refractivity contribution in [1.29, 1.82) is 0 Å². The quantitative estimate of drug-likeness (QED) is 0.754. The molecule has 0 saturated heterocycles. The standard InChI is InChI=1S/C16H11Cl2FN2O3/c17-9-1-4-13-14(7-9)24-16(23)21(13)6-5-15(22)20-10-2-3-12(19)11(18)8-10/h1-4,7-8H,5-6H2,(H,20,22). The predicted molar refractivity (Wildman–Crippen MR) is 90.1 cm³/mol. The molecule has 2 aromatic carbocycles. The molecule has 0 aliphatic rings. The predicted octanol–water partition coefficient (Wildman–Crippen LogP) is 4.07. The molecule has 124 valence electrons. The van der Waals surface area contributed by atoms with Gasteiger partial charge in [0, 0.05) is 29.7 Å². The Morgan fingerprint density at radius 3 is 2.75 bits per heavy atom. The van der Waals surface area contributed by atoms with E-state index < -0.39 is 11.6 Å². The Morgan fingerprint density at radius 2 is 2.00 bits per heavy atom. The number of benzene rings is 2. The number of rotatable bonds is 4. The maximum Gasteiger partial charge on any atom is 0.419 e. The van der Waals surface area contributed by atoms with Crippen LogP contribution in [0.1, 0.15) is 6.42 Å². The highest BCUT2D eigenvalue weighted by Crippen LogP contribution is 2.20. The molecular weight excluding hydrogens is 358 g/mol. The van der Waals surface area contributed by atoms with E-state index in [1.165, 1.54) is 22.8 Å². The molecule has 0 fully saturated rings. The van der Waals surface area contributed by atoms with Gasteiger partial charge in [0.05, 0.1) is 10.5 Å². The van der Waals surface area contributed by atoms with Crippen LogP contribution < -0.4 is 11.1 Å². The van der Waals surface area contributed by atoms with Gasteiger partial charge in [-0.05, 0) is 30.3 Å². The molecule has 0 aliphatic carbocycles. The molecule has 1 heterocycles. The van der Waals surface area contributed by atoms with Crippen LogP contribution in [-0.2, 0) is 11.3 Å². The second-order valence-corrected chi connectivity index (χ2v) is 5.90. The summed E-state index contributed by atoms with van der Waals surface area (Å²) < 4.78 is 19.5. The minimum absolute atomic E-state index is 0.0339. The van der Waals surface area contributed by atoms with Crippen LogP contribution in [0.15, 0.2) is 45.6 Å². The van der Waals surface area contributed by atoms with E-state index in [-0.39, 0.29) is 23.9 Å². The molecule has 8 heteroatoms. The smallest absolute Gasteiger partial charge is 0.408 e. The van der Waals surface area contributed by atoms with Crippen molar-refractivity contribution in [3.05, 3.63) is 62.8 Å². The molecule has 1 aromatic heterocycles. The van der Waals surface area contributed by atoms with Crippen molar-refractivity contribution in [1.82, 2.24) is 4.57 Å². The van der Waals surface area contributed by atoms with E-state index in [0.717, 1.165) is 6.07 Å². The molecule has 5 nitrogen and oxygen atoms in total. The molecule has 0 spiro atoms. The van der Waals surface area contributed by atoms with E-state index >= 15 is 0 Å². The summed E-state index contributed by atoms with van der Waals surface area (Å²) in [5, 5.41) is 2.96. The fourth-order valence-electron chi connectivity index (χ4n) is 2.26. The molecular formula is C16H11Cl2FN2O3. The minimum atomic E-state index is -0.565. The van der Waals surface area contributed by atoms with Gasteiger partial charge < -0.3 is 9.73 Å². The van der Waals surface area contributed by atoms with Crippen molar-refractivity contribution < 1.29 is 13.6 Å². The molecule has 3 rings (SSSR count). The number of amides is 1. The molecule has 0 atom stereocenters. The first-order valence-corrected chi connectivity index (χ1v) is 7.73. The van der Waals surface area contributed by atoms with Crippen molar-refractivity contribution in [3.8, 4) is 0 Å². The minimum Gasteiger partial charge on any atom is -0.408 e. The van der Waals surface area contributed by atoms with Gasteiger partial charge >= 0.3 is 5.76 Å². The largest absolute Gasteiger partial charge is 0.419 e. The summed E-state index contributed by atoms with van der Waals surface area (Å²) in [6.07, 6.45) is 0.0339. The number of nitrogens with one attached hydrogen (secondary N) is 1. The first kappa shape index (κ1) is 16.5. The van der Waals surface area contributed by atoms with E-state index in [1.54, 1.807) is 12.1 Å². The van der Waals surface area contributed by atoms with Crippen LogP contribution in [0.3, 0.4) is 0 Å². The lowest BCUT2D eigenvalue weighted by Crippen LogP contribution is -2.19. The average molecular weight is 369 g/mol. The summed E-state index contributed by atoms with van der Waals surface area (Å²) in [7, 11) is 0. The van der Waals surface area contributed by atoms with Gasteiger partial charge in [0.2, 0.25) is 5.91 Å². The normalized spacial score (nSPS) is 11.0. The highest BCUT2D eigenvalue weighted by atomic mass is 35.5. The maximum atomic E-state index is 13.1. The summed E-state index contributed by atoms with van der Waals surface area (Å²) in [5.41, 5.74) is 1.29. The van der Waals surface area contributed by atoms with Gasteiger partial charge in [-0.3, -0.25) is 9.36 Å². The second-order valence-electron chi connectivity index (χ2n) is 5.06. The van der Waals surface area contributed by atoms with Crippen molar-refractivity contribution in [3.63, 3.8) is 0 Å². The van der Waals surface area contributed by atoms with Crippen molar-refractivity contribution >= 4 is 45.9 Å². The number of halogens is 3. The van der Waals surface area contributed by atoms with E-state index in [9.17, 15) is 14.0 Å². The number of carbonyl (C=O) groups excluding carboxylic acids is 1. The van der Waals surface area contributed by atoms with Crippen LogP contribution >= 0.6 is 23.2 Å². The third-order valence-corrected chi connectivity index (χ3v) is 3.92. The fourth-order valence-corrected chi connectivity index (χ4v) is 2.61. The summed E-state index contributed by atoms with van der Waals surface area (Å²) in [5.74, 6) is -1.47.